The number of aliphatic imine (C=N–C) groups is 1. The minimum Gasteiger partial charge on any atom is -0.469 e. The van der Waals surface area contributed by atoms with Crippen LogP contribution in [-0.2, 0) is 14.9 Å². The van der Waals surface area contributed by atoms with Crippen LogP contribution in [0.2, 0.25) is 0 Å². The molecule has 4 aliphatic rings. The molecule has 0 N–H and O–H groups in total. The van der Waals surface area contributed by atoms with Gasteiger partial charge in [-0.05, 0) is 37.3 Å². The Labute approximate surface area is 142 Å². The van der Waals surface area contributed by atoms with Crippen molar-refractivity contribution in [2.24, 2.45) is 16.8 Å². The second-order valence-electron chi connectivity index (χ2n) is 7.39. The fourth-order valence-corrected chi connectivity index (χ4v) is 5.91. The van der Waals surface area contributed by atoms with Crippen molar-refractivity contribution in [1.29, 1.82) is 0 Å². The van der Waals surface area contributed by atoms with Gasteiger partial charge in [0.05, 0.1) is 24.1 Å². The predicted octanol–water partition coefficient (Wildman–Crippen LogP) is 2.85. The molecule has 24 heavy (non-hydrogen) atoms. The summed E-state index contributed by atoms with van der Waals surface area (Å²) in [6.07, 6.45) is 4.20. The molecule has 1 unspecified atom stereocenters. The number of carbonyl (C=O) groups is 1. The molecule has 2 bridgehead atoms. The van der Waals surface area contributed by atoms with E-state index in [4.69, 9.17) is 9.73 Å². The van der Waals surface area contributed by atoms with Crippen LogP contribution in [0.5, 0.6) is 0 Å². The number of hydrogen-bond acceptors (Lipinski definition) is 4. The number of rotatable bonds is 1. The number of piperidine rings is 2. The Morgan fingerprint density at radius 1 is 1.42 bits per heavy atom. The molecule has 124 valence electrons. The Hall–Kier alpha value is -1.94. The lowest BCUT2D eigenvalue weighted by atomic mass is 9.64. The molecule has 1 spiro atoms. The molecule has 3 aliphatic heterocycles. The van der Waals surface area contributed by atoms with Gasteiger partial charge in [0, 0.05) is 24.8 Å². The van der Waals surface area contributed by atoms with Crippen LogP contribution in [0.4, 0.5) is 5.69 Å². The van der Waals surface area contributed by atoms with Crippen LogP contribution in [0.15, 0.2) is 40.9 Å². The predicted molar refractivity (Wildman–Crippen MR) is 92.6 cm³/mol. The van der Waals surface area contributed by atoms with E-state index in [1.807, 2.05) is 6.07 Å². The van der Waals surface area contributed by atoms with E-state index < -0.39 is 0 Å². The summed E-state index contributed by atoms with van der Waals surface area (Å²) in [5, 5.41) is 0. The Morgan fingerprint density at radius 3 is 3.04 bits per heavy atom. The first-order chi connectivity index (χ1) is 11.7. The van der Waals surface area contributed by atoms with Gasteiger partial charge in [0.25, 0.3) is 0 Å². The van der Waals surface area contributed by atoms with Gasteiger partial charge >= 0.3 is 5.97 Å². The highest BCUT2D eigenvalue weighted by Gasteiger charge is 2.68. The lowest BCUT2D eigenvalue weighted by Gasteiger charge is -2.47. The Balaban J connectivity index is 1.80. The first kappa shape index (κ1) is 14.4. The summed E-state index contributed by atoms with van der Waals surface area (Å²) < 4.78 is 5.30. The average Bonchev–Trinajstić information content (AvgIpc) is 3.13. The quantitative estimate of drug-likeness (QED) is 0.590. The van der Waals surface area contributed by atoms with Crippen molar-refractivity contribution in [3.05, 3.63) is 41.5 Å². The molecule has 4 atom stereocenters. The lowest BCUT2D eigenvalue weighted by Crippen LogP contribution is -2.59. The Morgan fingerprint density at radius 2 is 2.25 bits per heavy atom. The van der Waals surface area contributed by atoms with Crippen molar-refractivity contribution in [3.8, 4) is 0 Å². The number of methoxy groups -OCH3 is 1. The normalized spacial score (nSPS) is 37.8. The zero-order chi connectivity index (χ0) is 16.5. The summed E-state index contributed by atoms with van der Waals surface area (Å²) in [4.78, 5) is 20.5. The van der Waals surface area contributed by atoms with Crippen molar-refractivity contribution in [3.63, 3.8) is 0 Å². The van der Waals surface area contributed by atoms with Gasteiger partial charge in [0.1, 0.15) is 0 Å². The van der Waals surface area contributed by atoms with E-state index in [0.29, 0.717) is 6.04 Å². The highest BCUT2D eigenvalue weighted by molar-refractivity contribution is 6.07. The summed E-state index contributed by atoms with van der Waals surface area (Å²) in [5.41, 5.74) is 4.62. The fraction of sp³-hybridized carbons (Fsp3) is 0.500. The number of nitrogens with zero attached hydrogens (tertiary/aromatic N) is 2. The van der Waals surface area contributed by atoms with Crippen LogP contribution >= 0.6 is 0 Å². The third kappa shape index (κ3) is 1.48. The molecule has 3 fully saturated rings. The summed E-state index contributed by atoms with van der Waals surface area (Å²) in [6.45, 7) is 4.12. The van der Waals surface area contributed by atoms with Gasteiger partial charge in [0.15, 0.2) is 0 Å². The Kier molecular flexibility index (Phi) is 2.88. The van der Waals surface area contributed by atoms with Crippen molar-refractivity contribution in [1.82, 2.24) is 4.90 Å². The number of hydrogen-bond donors (Lipinski definition) is 0. The highest BCUT2D eigenvalue weighted by atomic mass is 16.5. The smallest absolute Gasteiger partial charge is 0.310 e. The van der Waals surface area contributed by atoms with Gasteiger partial charge in [0.2, 0.25) is 0 Å². The lowest BCUT2D eigenvalue weighted by molar-refractivity contribution is -0.147. The SMILES string of the molecule is C/C=C1/CN2CCC3=Nc4ccccc4[C@]34C(C(=O)OC)[C@H]1C[C@H]24. The van der Waals surface area contributed by atoms with E-state index in [1.165, 1.54) is 24.0 Å². The molecular weight excluding hydrogens is 300 g/mol. The third-order valence-electron chi connectivity index (χ3n) is 6.74. The zero-order valence-corrected chi connectivity index (χ0v) is 14.2. The average molecular weight is 322 g/mol. The molecule has 0 aromatic heterocycles. The molecule has 1 saturated carbocycles. The van der Waals surface area contributed by atoms with Crippen molar-refractivity contribution in [2.75, 3.05) is 20.2 Å². The van der Waals surface area contributed by atoms with Crippen LogP contribution < -0.4 is 0 Å². The molecule has 1 aromatic rings. The number of fused-ring (bicyclic) bond motifs is 2. The topological polar surface area (TPSA) is 41.9 Å². The monoisotopic (exact) mass is 322 g/mol. The molecule has 3 heterocycles. The number of benzene rings is 1. The van der Waals surface area contributed by atoms with Gasteiger partial charge in [-0.15, -0.1) is 0 Å². The van der Waals surface area contributed by atoms with E-state index in [1.54, 1.807) is 0 Å². The van der Waals surface area contributed by atoms with Gasteiger partial charge in [-0.3, -0.25) is 14.7 Å². The van der Waals surface area contributed by atoms with Crippen LogP contribution in [0.3, 0.4) is 0 Å². The second-order valence-corrected chi connectivity index (χ2v) is 7.39. The Bertz CT molecular complexity index is 797. The first-order valence-electron chi connectivity index (χ1n) is 8.86. The molecule has 1 aliphatic carbocycles. The molecule has 0 amide bonds. The standard InChI is InChI=1S/C20H22N2O2/c1-3-12-11-22-9-8-16-20(14-6-4-5-7-15(14)21-16)17(22)10-13(12)18(20)19(23)24-2/h3-7,13,17-18H,8-11H2,1-2H3/b12-3-/t13-,17-,18?,20-/m0/s1. The van der Waals surface area contributed by atoms with Crippen LogP contribution in [0.25, 0.3) is 0 Å². The maximum absolute atomic E-state index is 12.9. The molecule has 0 radical (unpaired) electrons. The molecule has 4 nitrogen and oxygen atoms in total. The van der Waals surface area contributed by atoms with Crippen molar-refractivity contribution >= 4 is 17.4 Å². The number of para-hydroxylation sites is 1. The largest absolute Gasteiger partial charge is 0.469 e. The molecular formula is C20H22N2O2. The van der Waals surface area contributed by atoms with E-state index in [2.05, 4.69) is 36.1 Å². The van der Waals surface area contributed by atoms with E-state index in [-0.39, 0.29) is 23.2 Å². The minimum absolute atomic E-state index is 0.0741. The molecule has 2 saturated heterocycles. The maximum Gasteiger partial charge on any atom is 0.310 e. The maximum atomic E-state index is 12.9. The van der Waals surface area contributed by atoms with Gasteiger partial charge in [-0.1, -0.05) is 29.8 Å². The number of ether oxygens (including phenoxy) is 1. The van der Waals surface area contributed by atoms with Gasteiger partial charge in [-0.2, -0.15) is 0 Å². The summed E-state index contributed by atoms with van der Waals surface area (Å²) >= 11 is 0. The van der Waals surface area contributed by atoms with E-state index in [9.17, 15) is 4.79 Å². The van der Waals surface area contributed by atoms with E-state index in [0.717, 1.165) is 31.6 Å². The number of allylic oxidation sites excluding steroid dienone is 1. The molecule has 5 rings (SSSR count). The number of esters is 1. The molecule has 4 heteroatoms. The zero-order valence-electron chi connectivity index (χ0n) is 14.2. The van der Waals surface area contributed by atoms with Gasteiger partial charge < -0.3 is 4.74 Å². The van der Waals surface area contributed by atoms with Crippen molar-refractivity contribution in [2.45, 2.75) is 31.2 Å². The summed E-state index contributed by atoms with van der Waals surface area (Å²) in [5.74, 6) is 0.0551. The minimum atomic E-state index is -0.280. The van der Waals surface area contributed by atoms with Crippen LogP contribution in [0.1, 0.15) is 25.3 Å². The second kappa shape index (κ2) is 4.79. The number of carbonyl (C=O) groups excluding carboxylic acids is 1. The molecule has 1 aromatic carbocycles. The van der Waals surface area contributed by atoms with Gasteiger partial charge in [-0.25, -0.2) is 0 Å². The van der Waals surface area contributed by atoms with Crippen LogP contribution in [-0.4, -0.2) is 42.8 Å². The highest BCUT2D eigenvalue weighted by Crippen LogP contribution is 2.62. The van der Waals surface area contributed by atoms with Crippen molar-refractivity contribution < 1.29 is 9.53 Å². The first-order valence-corrected chi connectivity index (χ1v) is 8.86. The summed E-state index contributed by atoms with van der Waals surface area (Å²) in [7, 11) is 1.52. The van der Waals surface area contributed by atoms with Crippen LogP contribution in [0, 0.1) is 11.8 Å². The third-order valence-corrected chi connectivity index (χ3v) is 6.74. The van der Waals surface area contributed by atoms with E-state index >= 15 is 0 Å². The summed E-state index contributed by atoms with van der Waals surface area (Å²) in [6, 6.07) is 8.76. The fourth-order valence-electron chi connectivity index (χ4n) is 5.91.